The van der Waals surface area contributed by atoms with Crippen LogP contribution in [0.1, 0.15) is 64.4 Å². The Kier molecular flexibility index (Phi) is 17.2. The zero-order chi connectivity index (χ0) is 41.5. The maximum atomic E-state index is 14.9. The van der Waals surface area contributed by atoms with E-state index in [2.05, 4.69) is 20.5 Å². The summed E-state index contributed by atoms with van der Waals surface area (Å²) in [5.41, 5.74) is 0.612. The molecule has 4 atom stereocenters. The summed E-state index contributed by atoms with van der Waals surface area (Å²) in [6.07, 6.45) is 1.26. The molecule has 314 valence electrons. The van der Waals surface area contributed by atoms with Crippen LogP contribution in [0.3, 0.4) is 0 Å². The fourth-order valence-electron chi connectivity index (χ4n) is 6.37. The molecule has 3 heterocycles. The quantitative estimate of drug-likeness (QED) is 0.0806. The van der Waals surface area contributed by atoms with Crippen LogP contribution >= 0.6 is 7.44 Å². The number of aromatic nitrogens is 2. The van der Waals surface area contributed by atoms with Crippen LogP contribution in [0.2, 0.25) is 0 Å². The number of ether oxygens (including phenoxy) is 4. The summed E-state index contributed by atoms with van der Waals surface area (Å²) in [5, 5.41) is 8.31. The van der Waals surface area contributed by atoms with E-state index in [1.807, 2.05) is 42.2 Å². The molecule has 3 N–H and O–H groups in total. The summed E-state index contributed by atoms with van der Waals surface area (Å²) in [6.45, 7) is 10.2. The molecule has 57 heavy (non-hydrogen) atoms. The molecule has 1 aromatic heterocycles. The van der Waals surface area contributed by atoms with Crippen LogP contribution in [0.25, 0.3) is 11.4 Å². The molecule has 0 bridgehead atoms. The number of piperazine rings is 1. The molecule has 1 aromatic carbocycles. The minimum atomic E-state index is -4.14. The molecule has 2 saturated heterocycles. The fourth-order valence-corrected chi connectivity index (χ4v) is 8.87. The average Bonchev–Trinajstić information content (AvgIpc) is 3.70. The summed E-state index contributed by atoms with van der Waals surface area (Å²) in [5.74, 6) is -2.01. The van der Waals surface area contributed by atoms with E-state index in [9.17, 15) is 28.5 Å². The molecular formula is C38H57N8O10P. The molecule has 2 fully saturated rings. The van der Waals surface area contributed by atoms with E-state index in [1.54, 1.807) is 21.0 Å². The Labute approximate surface area is 334 Å². The van der Waals surface area contributed by atoms with Gasteiger partial charge in [0.1, 0.15) is 29.6 Å². The van der Waals surface area contributed by atoms with Gasteiger partial charge >= 0.3 is 18.0 Å². The first-order valence-corrected chi connectivity index (χ1v) is 21.4. The highest BCUT2D eigenvalue weighted by Gasteiger charge is 2.40. The summed E-state index contributed by atoms with van der Waals surface area (Å²) >= 11 is 0. The van der Waals surface area contributed by atoms with E-state index < -0.39 is 61.6 Å². The van der Waals surface area contributed by atoms with Crippen LogP contribution < -0.4 is 20.4 Å². The monoisotopic (exact) mass is 816 g/mol. The lowest BCUT2D eigenvalue weighted by atomic mass is 10.2. The third-order valence-electron chi connectivity index (χ3n) is 9.48. The Balaban J connectivity index is 1.70. The molecule has 2 aliphatic rings. The van der Waals surface area contributed by atoms with Crippen molar-refractivity contribution in [2.24, 2.45) is 0 Å². The molecule has 2 aromatic rings. The second-order valence-electron chi connectivity index (χ2n) is 13.8. The van der Waals surface area contributed by atoms with Gasteiger partial charge in [0, 0.05) is 58.0 Å². The van der Waals surface area contributed by atoms with Crippen molar-refractivity contribution in [3.63, 3.8) is 0 Å². The lowest BCUT2D eigenvalue weighted by molar-refractivity contribution is -0.145. The number of nitrogens with zero attached hydrogens (tertiary/aromatic N) is 5. The number of unbranched alkanes of at least 4 members (excludes halogenated alkanes) is 1. The number of carbonyl (C=O) groups excluding carboxylic acids is 5. The molecule has 0 aliphatic carbocycles. The van der Waals surface area contributed by atoms with Crippen LogP contribution in [0.4, 0.5) is 10.6 Å². The number of amides is 3. The Bertz CT molecular complexity index is 1700. The van der Waals surface area contributed by atoms with Gasteiger partial charge in [0.2, 0.25) is 13.4 Å². The van der Waals surface area contributed by atoms with E-state index in [0.717, 1.165) is 19.3 Å². The smallest absolute Gasteiger partial charge is 0.409 e. The van der Waals surface area contributed by atoms with Crippen LogP contribution in [0.5, 0.6) is 0 Å². The minimum absolute atomic E-state index is 0.0266. The molecule has 0 unspecified atom stereocenters. The molecule has 0 saturated carbocycles. The molecule has 4 rings (SSSR count). The fraction of sp³-hybridized carbons (Fsp3) is 0.605. The number of carbonyl (C=O) groups is 5. The van der Waals surface area contributed by atoms with Gasteiger partial charge in [0.05, 0.1) is 32.1 Å². The number of esters is 2. The normalized spacial score (nSPS) is 17.4. The number of hydrogen-bond donors (Lipinski definition) is 3. The predicted octanol–water partition coefficient (Wildman–Crippen LogP) is 2.82. The van der Waals surface area contributed by atoms with E-state index in [-0.39, 0.29) is 63.6 Å². The van der Waals surface area contributed by atoms with Crippen LogP contribution in [0, 0.1) is 0 Å². The van der Waals surface area contributed by atoms with Gasteiger partial charge in [-0.1, -0.05) is 43.7 Å². The minimum Gasteiger partial charge on any atom is -0.465 e. The summed E-state index contributed by atoms with van der Waals surface area (Å²) in [4.78, 5) is 81.2. The van der Waals surface area contributed by atoms with Gasteiger partial charge in [-0.15, -0.1) is 0 Å². The van der Waals surface area contributed by atoms with Gasteiger partial charge in [-0.05, 0) is 40.5 Å². The molecular weight excluding hydrogens is 759 g/mol. The van der Waals surface area contributed by atoms with Gasteiger partial charge in [0.25, 0.3) is 5.91 Å². The van der Waals surface area contributed by atoms with Gasteiger partial charge in [-0.25, -0.2) is 24.9 Å². The van der Waals surface area contributed by atoms with Crippen molar-refractivity contribution < 1.29 is 47.5 Å². The van der Waals surface area contributed by atoms with E-state index >= 15 is 0 Å². The lowest BCUT2D eigenvalue weighted by Gasteiger charge is -2.37. The van der Waals surface area contributed by atoms with Crippen molar-refractivity contribution in [3.05, 3.63) is 42.1 Å². The first kappa shape index (κ1) is 45.1. The Morgan fingerprint density at radius 1 is 0.860 bits per heavy atom. The molecule has 2 aliphatic heterocycles. The number of methoxy groups -OCH3 is 1. The SMILES string of the molecule is CCCCOC(=O)N1CCN(C(=O)[C@H](CP(=O)(N[C@@H](C)C(=O)OCC)N[C@@H](C)C(=O)OCC)NC(=O)c2cc(N3CC[C@H](OC)C3)nc(-c3ccccc3)n2)CC1. The highest BCUT2D eigenvalue weighted by molar-refractivity contribution is 7.60. The van der Waals surface area contributed by atoms with Crippen LogP contribution in [-0.4, -0.2) is 146 Å². The summed E-state index contributed by atoms with van der Waals surface area (Å²) in [7, 11) is -2.50. The summed E-state index contributed by atoms with van der Waals surface area (Å²) in [6, 6.07) is 6.92. The van der Waals surface area contributed by atoms with Crippen molar-refractivity contribution in [1.82, 2.24) is 35.3 Å². The van der Waals surface area contributed by atoms with E-state index in [1.165, 1.54) is 29.7 Å². The van der Waals surface area contributed by atoms with E-state index in [4.69, 9.17) is 23.9 Å². The maximum Gasteiger partial charge on any atom is 0.409 e. The molecule has 0 spiro atoms. The van der Waals surface area contributed by atoms with Crippen molar-refractivity contribution in [1.29, 1.82) is 0 Å². The van der Waals surface area contributed by atoms with Crippen molar-refractivity contribution in [3.8, 4) is 11.4 Å². The zero-order valence-electron chi connectivity index (χ0n) is 33.7. The highest BCUT2D eigenvalue weighted by Crippen LogP contribution is 2.39. The van der Waals surface area contributed by atoms with Crippen LogP contribution in [-0.2, 0) is 37.9 Å². The zero-order valence-corrected chi connectivity index (χ0v) is 34.6. The molecule has 0 radical (unpaired) electrons. The van der Waals surface area contributed by atoms with Gasteiger partial charge in [-0.2, -0.15) is 0 Å². The first-order chi connectivity index (χ1) is 27.3. The number of rotatable bonds is 19. The van der Waals surface area contributed by atoms with Crippen molar-refractivity contribution in [2.75, 3.05) is 77.3 Å². The molecule has 19 heteroatoms. The Morgan fingerprint density at radius 2 is 1.47 bits per heavy atom. The van der Waals surface area contributed by atoms with E-state index in [0.29, 0.717) is 24.5 Å². The van der Waals surface area contributed by atoms with Gasteiger partial charge in [0.15, 0.2) is 5.82 Å². The topological polar surface area (TPSA) is 211 Å². The second kappa shape index (κ2) is 21.8. The first-order valence-electron chi connectivity index (χ1n) is 19.5. The highest BCUT2D eigenvalue weighted by atomic mass is 31.2. The second-order valence-corrected chi connectivity index (χ2v) is 16.2. The average molecular weight is 817 g/mol. The van der Waals surface area contributed by atoms with Gasteiger partial charge < -0.3 is 39.0 Å². The third-order valence-corrected chi connectivity index (χ3v) is 12.0. The largest absolute Gasteiger partial charge is 0.465 e. The molecule has 18 nitrogen and oxygen atoms in total. The van der Waals surface area contributed by atoms with Gasteiger partial charge in [-0.3, -0.25) is 23.7 Å². The lowest BCUT2D eigenvalue weighted by Crippen LogP contribution is -2.57. The van der Waals surface area contributed by atoms with Crippen molar-refractivity contribution in [2.45, 2.75) is 78.1 Å². The number of hydrogen-bond acceptors (Lipinski definition) is 13. The molecule has 3 amide bonds. The third kappa shape index (κ3) is 12.9. The number of anilines is 1. The predicted molar refractivity (Wildman–Crippen MR) is 212 cm³/mol. The summed E-state index contributed by atoms with van der Waals surface area (Å²) < 4.78 is 36.1. The van der Waals surface area contributed by atoms with Crippen LogP contribution in [0.15, 0.2) is 36.4 Å². The Hall–Kier alpha value is -4.64. The number of benzene rings is 1. The number of nitrogens with one attached hydrogen (secondary N) is 3. The Morgan fingerprint density at radius 3 is 2.04 bits per heavy atom. The maximum absolute atomic E-state index is 14.9. The standard InChI is InChI=1S/C38H57N8O10P/c1-7-10-22-56-38(51)45-20-18-44(19-21-45)35(48)31(25-57(52,42-26(4)36(49)54-8-2)43-27(5)37(50)55-9-3)40-34(47)30-23-32(46-17-16-29(24-46)53-6)41-33(39-30)28-14-12-11-13-15-28/h11-15,23,26-27,29,31H,7-10,16-22,24-25H2,1-6H3,(H,40,47)(H2,42,43,52)/t26-,27-,29-,31-/m0/s1. The van der Waals surface area contributed by atoms with Crippen molar-refractivity contribution >= 4 is 43.1 Å².